The molecule has 4 aromatic rings. The number of halogens is 1. The van der Waals surface area contributed by atoms with E-state index in [9.17, 15) is 9.18 Å². The molecular formula is C23H22FN5O. The minimum absolute atomic E-state index is 0.111. The number of carbonyl (C=O) groups is 1. The van der Waals surface area contributed by atoms with Crippen LogP contribution in [0.25, 0.3) is 22.0 Å². The van der Waals surface area contributed by atoms with Crippen molar-refractivity contribution in [1.29, 1.82) is 0 Å². The van der Waals surface area contributed by atoms with E-state index in [1.54, 1.807) is 18.3 Å². The number of rotatable bonds is 4. The molecule has 1 unspecified atom stereocenters. The Morgan fingerprint density at radius 2 is 2.10 bits per heavy atom. The number of benzene rings is 2. The summed E-state index contributed by atoms with van der Waals surface area (Å²) in [7, 11) is 0. The molecule has 5 rings (SSSR count). The lowest BCUT2D eigenvalue weighted by Gasteiger charge is -2.21. The predicted molar refractivity (Wildman–Crippen MR) is 112 cm³/mol. The number of hydrogen-bond donors (Lipinski definition) is 1. The maximum atomic E-state index is 13.5. The fourth-order valence-corrected chi connectivity index (χ4v) is 4.41. The molecule has 152 valence electrons. The lowest BCUT2D eigenvalue weighted by atomic mass is 10.1. The zero-order valence-electron chi connectivity index (χ0n) is 16.6. The second-order valence-electron chi connectivity index (χ2n) is 8.01. The highest BCUT2D eigenvalue weighted by Gasteiger charge is 2.33. The molecule has 0 radical (unpaired) electrons. The Labute approximate surface area is 173 Å². The fourth-order valence-electron chi connectivity index (χ4n) is 4.41. The smallest absolute Gasteiger partial charge is 0.254 e. The first-order valence-corrected chi connectivity index (χ1v) is 10.1. The normalized spacial score (nSPS) is 18.9. The molecule has 2 aromatic heterocycles. The molecule has 2 atom stereocenters. The highest BCUT2D eigenvalue weighted by Crippen LogP contribution is 2.28. The van der Waals surface area contributed by atoms with Gasteiger partial charge in [0.2, 0.25) is 0 Å². The number of nitrogens with zero attached hydrogens (tertiary/aromatic N) is 4. The standard InChI is InChI=1S/C23H22FN5O/c1-15-7-16(13-28(15)23(30)18-3-2-4-21(24)9-18)14-29-22-6-5-17(8-19(22)12-27-29)20-10-25-26-11-20/h2-6,8-12,15-16H,7,13-14H2,1H3,(H,25,26)/t15-,16?/m1/s1. The van der Waals surface area contributed by atoms with Gasteiger partial charge < -0.3 is 4.90 Å². The van der Waals surface area contributed by atoms with Crippen LogP contribution in [-0.4, -0.2) is 43.4 Å². The average Bonchev–Trinajstić information content (AvgIpc) is 3.48. The number of nitrogens with one attached hydrogen (secondary N) is 1. The lowest BCUT2D eigenvalue weighted by Crippen LogP contribution is -2.34. The molecule has 3 heterocycles. The van der Waals surface area contributed by atoms with Crippen LogP contribution in [0.1, 0.15) is 23.7 Å². The third-order valence-corrected chi connectivity index (χ3v) is 5.90. The summed E-state index contributed by atoms with van der Waals surface area (Å²) >= 11 is 0. The Morgan fingerprint density at radius 3 is 2.90 bits per heavy atom. The van der Waals surface area contributed by atoms with Crippen LogP contribution in [0.3, 0.4) is 0 Å². The van der Waals surface area contributed by atoms with Gasteiger partial charge in [0.25, 0.3) is 5.91 Å². The number of aromatic nitrogens is 4. The molecule has 0 aliphatic carbocycles. The van der Waals surface area contributed by atoms with E-state index in [1.807, 2.05) is 22.0 Å². The third-order valence-electron chi connectivity index (χ3n) is 5.90. The van der Waals surface area contributed by atoms with Crippen molar-refractivity contribution in [1.82, 2.24) is 24.9 Å². The minimum atomic E-state index is -0.387. The number of likely N-dealkylation sites (tertiary alicyclic amines) is 1. The molecule has 2 aromatic carbocycles. The maximum absolute atomic E-state index is 13.5. The first-order chi connectivity index (χ1) is 14.6. The van der Waals surface area contributed by atoms with Crippen LogP contribution in [0.5, 0.6) is 0 Å². The van der Waals surface area contributed by atoms with Crippen molar-refractivity contribution in [2.75, 3.05) is 6.54 Å². The Balaban J connectivity index is 1.33. The van der Waals surface area contributed by atoms with Gasteiger partial charge in [0.1, 0.15) is 5.82 Å². The van der Waals surface area contributed by atoms with E-state index in [2.05, 4.69) is 40.4 Å². The number of H-pyrrole nitrogens is 1. The zero-order chi connectivity index (χ0) is 20.7. The molecule has 1 N–H and O–H groups in total. The van der Waals surface area contributed by atoms with Crippen LogP contribution in [-0.2, 0) is 6.54 Å². The number of amides is 1. The fraction of sp³-hybridized carbons (Fsp3) is 0.261. The van der Waals surface area contributed by atoms with Crippen molar-refractivity contribution in [3.63, 3.8) is 0 Å². The van der Waals surface area contributed by atoms with E-state index in [0.717, 1.165) is 35.0 Å². The van der Waals surface area contributed by atoms with Gasteiger partial charge >= 0.3 is 0 Å². The van der Waals surface area contributed by atoms with Gasteiger partial charge in [0.15, 0.2) is 0 Å². The van der Waals surface area contributed by atoms with E-state index in [-0.39, 0.29) is 17.8 Å². The predicted octanol–water partition coefficient (Wildman–Crippen LogP) is 4.12. The van der Waals surface area contributed by atoms with Crippen LogP contribution in [0.2, 0.25) is 0 Å². The van der Waals surface area contributed by atoms with Gasteiger partial charge in [0.05, 0.1) is 17.9 Å². The maximum Gasteiger partial charge on any atom is 0.254 e. The molecule has 0 spiro atoms. The van der Waals surface area contributed by atoms with E-state index >= 15 is 0 Å². The highest BCUT2D eigenvalue weighted by atomic mass is 19.1. The van der Waals surface area contributed by atoms with Gasteiger partial charge in [0, 0.05) is 41.8 Å². The zero-order valence-corrected chi connectivity index (χ0v) is 16.6. The second kappa shape index (κ2) is 7.40. The summed E-state index contributed by atoms with van der Waals surface area (Å²) in [6.07, 6.45) is 6.45. The summed E-state index contributed by atoms with van der Waals surface area (Å²) in [6.45, 7) is 3.44. The molecule has 1 amide bonds. The van der Waals surface area contributed by atoms with Gasteiger partial charge in [-0.05, 0) is 55.2 Å². The van der Waals surface area contributed by atoms with Gasteiger partial charge in [-0.25, -0.2) is 4.39 Å². The Kier molecular flexibility index (Phi) is 4.58. The van der Waals surface area contributed by atoms with Gasteiger partial charge in [-0.2, -0.15) is 10.2 Å². The third kappa shape index (κ3) is 3.36. The van der Waals surface area contributed by atoms with Gasteiger partial charge in [-0.15, -0.1) is 0 Å². The van der Waals surface area contributed by atoms with Crippen molar-refractivity contribution in [3.05, 3.63) is 72.4 Å². The molecule has 1 aliphatic heterocycles. The van der Waals surface area contributed by atoms with Crippen molar-refractivity contribution in [3.8, 4) is 11.1 Å². The van der Waals surface area contributed by atoms with E-state index in [4.69, 9.17) is 0 Å². The Bertz CT molecular complexity index is 1200. The topological polar surface area (TPSA) is 66.8 Å². The van der Waals surface area contributed by atoms with Crippen LogP contribution in [0, 0.1) is 11.7 Å². The minimum Gasteiger partial charge on any atom is -0.336 e. The summed E-state index contributed by atoms with van der Waals surface area (Å²) in [5.74, 6) is -0.198. The molecular weight excluding hydrogens is 381 g/mol. The van der Waals surface area contributed by atoms with E-state index in [1.165, 1.54) is 12.1 Å². The Morgan fingerprint density at radius 1 is 1.20 bits per heavy atom. The summed E-state index contributed by atoms with van der Waals surface area (Å²) in [5.41, 5.74) is 3.61. The molecule has 7 heteroatoms. The average molecular weight is 403 g/mol. The van der Waals surface area contributed by atoms with Crippen molar-refractivity contribution in [2.45, 2.75) is 25.9 Å². The summed E-state index contributed by atoms with van der Waals surface area (Å²) < 4.78 is 15.5. The highest BCUT2D eigenvalue weighted by molar-refractivity contribution is 5.94. The summed E-state index contributed by atoms with van der Waals surface area (Å²) in [6, 6.07) is 12.3. The lowest BCUT2D eigenvalue weighted by molar-refractivity contribution is 0.0741. The molecule has 1 fully saturated rings. The SMILES string of the molecule is C[C@@H]1CC(Cn2ncc3cc(-c4cn[nH]c4)ccc32)CN1C(=O)c1cccc(F)c1. The number of aromatic amines is 1. The largest absolute Gasteiger partial charge is 0.336 e. The number of fused-ring (bicyclic) bond motifs is 1. The molecule has 1 aliphatic rings. The molecule has 0 saturated carbocycles. The van der Waals surface area contributed by atoms with Crippen molar-refractivity contribution in [2.24, 2.45) is 5.92 Å². The second-order valence-corrected chi connectivity index (χ2v) is 8.01. The quantitative estimate of drug-likeness (QED) is 0.557. The van der Waals surface area contributed by atoms with E-state index in [0.29, 0.717) is 18.0 Å². The van der Waals surface area contributed by atoms with Crippen molar-refractivity contribution < 1.29 is 9.18 Å². The molecule has 6 nitrogen and oxygen atoms in total. The molecule has 0 bridgehead atoms. The van der Waals surface area contributed by atoms with Crippen LogP contribution in [0.15, 0.2) is 61.1 Å². The van der Waals surface area contributed by atoms with Gasteiger partial charge in [-0.1, -0.05) is 12.1 Å². The van der Waals surface area contributed by atoms with Gasteiger partial charge in [-0.3, -0.25) is 14.6 Å². The molecule has 30 heavy (non-hydrogen) atoms. The van der Waals surface area contributed by atoms with Crippen LogP contribution < -0.4 is 0 Å². The van der Waals surface area contributed by atoms with Crippen LogP contribution in [0.4, 0.5) is 4.39 Å². The number of carbonyl (C=O) groups excluding carboxylic acids is 1. The Hall–Kier alpha value is -3.48. The number of hydrogen-bond acceptors (Lipinski definition) is 3. The van der Waals surface area contributed by atoms with Crippen molar-refractivity contribution >= 4 is 16.8 Å². The van der Waals surface area contributed by atoms with Crippen LogP contribution >= 0.6 is 0 Å². The monoisotopic (exact) mass is 403 g/mol. The first kappa shape index (κ1) is 18.5. The summed E-state index contributed by atoms with van der Waals surface area (Å²) in [5, 5.41) is 12.5. The molecule has 1 saturated heterocycles. The van der Waals surface area contributed by atoms with E-state index < -0.39 is 0 Å². The first-order valence-electron chi connectivity index (χ1n) is 10.1. The summed E-state index contributed by atoms with van der Waals surface area (Å²) in [4.78, 5) is 14.7.